The van der Waals surface area contributed by atoms with E-state index < -0.39 is 0 Å². The van der Waals surface area contributed by atoms with Crippen LogP contribution >= 0.6 is 0 Å². The van der Waals surface area contributed by atoms with E-state index in [9.17, 15) is 4.79 Å². The minimum Gasteiger partial charge on any atom is -0.379 e. The van der Waals surface area contributed by atoms with Crippen molar-refractivity contribution in [3.05, 3.63) is 53.1 Å². The van der Waals surface area contributed by atoms with Gasteiger partial charge in [0.15, 0.2) is 0 Å². The lowest BCUT2D eigenvalue weighted by Gasteiger charge is -2.33. The molecular formula is C28H36N4O2. The van der Waals surface area contributed by atoms with E-state index in [2.05, 4.69) is 78.9 Å². The molecule has 2 aromatic carbocycles. The molecule has 2 aliphatic heterocycles. The molecule has 2 fully saturated rings. The molecule has 2 saturated heterocycles. The van der Waals surface area contributed by atoms with Crippen LogP contribution in [0.2, 0.25) is 0 Å². The first-order valence-electron chi connectivity index (χ1n) is 12.6. The molecule has 0 spiro atoms. The molecule has 0 saturated carbocycles. The van der Waals surface area contributed by atoms with Crippen LogP contribution in [-0.4, -0.2) is 47.8 Å². The Balaban J connectivity index is 1.42. The van der Waals surface area contributed by atoms with Gasteiger partial charge in [0.2, 0.25) is 11.9 Å². The maximum atomic E-state index is 12.8. The van der Waals surface area contributed by atoms with Crippen molar-refractivity contribution in [1.29, 1.82) is 0 Å². The van der Waals surface area contributed by atoms with Crippen molar-refractivity contribution in [1.82, 2.24) is 14.9 Å². The van der Waals surface area contributed by atoms with Gasteiger partial charge in [-0.15, -0.1) is 0 Å². The van der Waals surface area contributed by atoms with Crippen LogP contribution in [0, 0.1) is 19.8 Å². The lowest BCUT2D eigenvalue weighted by atomic mass is 9.95. The van der Waals surface area contributed by atoms with Gasteiger partial charge in [0.25, 0.3) is 0 Å². The number of benzene rings is 2. The fraction of sp³-hybridized carbons (Fsp3) is 0.500. The molecule has 1 atom stereocenters. The molecule has 3 heterocycles. The fourth-order valence-corrected chi connectivity index (χ4v) is 5.10. The molecule has 0 bridgehead atoms. The van der Waals surface area contributed by atoms with Gasteiger partial charge in [-0.25, -0.2) is 4.98 Å². The molecule has 34 heavy (non-hydrogen) atoms. The summed E-state index contributed by atoms with van der Waals surface area (Å²) in [6.45, 7) is 11.8. The molecule has 5 rings (SSSR count). The Kier molecular flexibility index (Phi) is 6.34. The number of hydrogen-bond donors (Lipinski definition) is 1. The minimum absolute atomic E-state index is 0.0597. The maximum Gasteiger partial charge on any atom is 0.223 e. The van der Waals surface area contributed by atoms with E-state index in [4.69, 9.17) is 9.72 Å². The normalized spacial score (nSPS) is 19.3. The first-order valence-corrected chi connectivity index (χ1v) is 12.6. The average Bonchev–Trinajstić information content (AvgIpc) is 3.47. The molecule has 1 aromatic heterocycles. The number of carbonyl (C=O) groups excluding carboxylic acids is 1. The van der Waals surface area contributed by atoms with E-state index in [1.807, 2.05) is 0 Å². The number of aryl methyl sites for hydroxylation is 2. The van der Waals surface area contributed by atoms with Gasteiger partial charge in [0, 0.05) is 31.3 Å². The second-order valence-corrected chi connectivity index (χ2v) is 10.2. The number of hydrogen-bond acceptors (Lipinski definition) is 4. The molecule has 6 heteroatoms. The van der Waals surface area contributed by atoms with Gasteiger partial charge in [0.05, 0.1) is 23.7 Å². The van der Waals surface area contributed by atoms with Gasteiger partial charge in [-0.1, -0.05) is 26.0 Å². The molecule has 3 aromatic rings. The van der Waals surface area contributed by atoms with E-state index >= 15 is 0 Å². The third kappa shape index (κ3) is 4.43. The fourth-order valence-electron chi connectivity index (χ4n) is 5.10. The van der Waals surface area contributed by atoms with Crippen LogP contribution < -0.4 is 10.2 Å². The SMILES string of the molecule is Cc1cc2nc(N3CCC(C(=O)NC4CCOC4)CC3)n(-c3ccc(C(C)C)cc3)c2cc1C. The zero-order valence-electron chi connectivity index (χ0n) is 20.8. The van der Waals surface area contributed by atoms with Crippen LogP contribution in [0.4, 0.5) is 5.95 Å². The highest BCUT2D eigenvalue weighted by atomic mass is 16.5. The third-order valence-electron chi connectivity index (χ3n) is 7.49. The van der Waals surface area contributed by atoms with Gasteiger partial charge < -0.3 is 15.0 Å². The zero-order valence-corrected chi connectivity index (χ0v) is 20.8. The van der Waals surface area contributed by atoms with Crippen molar-refractivity contribution < 1.29 is 9.53 Å². The van der Waals surface area contributed by atoms with Gasteiger partial charge in [-0.3, -0.25) is 9.36 Å². The number of ether oxygens (including phenoxy) is 1. The van der Waals surface area contributed by atoms with Crippen LogP contribution in [0.25, 0.3) is 16.7 Å². The van der Waals surface area contributed by atoms with Crippen molar-refractivity contribution in [3.63, 3.8) is 0 Å². The minimum atomic E-state index is 0.0597. The Bertz CT molecular complexity index is 1170. The molecule has 1 amide bonds. The first kappa shape index (κ1) is 22.9. The summed E-state index contributed by atoms with van der Waals surface area (Å²) in [5.74, 6) is 1.71. The molecule has 180 valence electrons. The van der Waals surface area contributed by atoms with Crippen LogP contribution in [0.3, 0.4) is 0 Å². The predicted molar refractivity (Wildman–Crippen MR) is 137 cm³/mol. The smallest absolute Gasteiger partial charge is 0.223 e. The van der Waals surface area contributed by atoms with Gasteiger partial charge in [-0.05, 0) is 80.0 Å². The highest BCUT2D eigenvalue weighted by Crippen LogP contribution is 2.32. The highest BCUT2D eigenvalue weighted by molar-refractivity contribution is 5.83. The number of aromatic nitrogens is 2. The highest BCUT2D eigenvalue weighted by Gasteiger charge is 2.30. The Hall–Kier alpha value is -2.86. The Morgan fingerprint density at radius 1 is 1.06 bits per heavy atom. The molecule has 1 N–H and O–H groups in total. The number of fused-ring (bicyclic) bond motifs is 1. The summed E-state index contributed by atoms with van der Waals surface area (Å²) in [7, 11) is 0. The second kappa shape index (κ2) is 9.41. The standard InChI is InChI=1S/C28H36N4O2/c1-18(2)21-5-7-24(8-6-21)32-26-16-20(4)19(3)15-25(26)30-28(32)31-12-9-22(10-13-31)27(33)29-23-11-14-34-17-23/h5-8,15-16,18,22-23H,9-14,17H2,1-4H3,(H,29,33). The summed E-state index contributed by atoms with van der Waals surface area (Å²) in [4.78, 5) is 20.2. The van der Waals surface area contributed by atoms with Crippen molar-refractivity contribution in [2.75, 3.05) is 31.2 Å². The molecule has 2 aliphatic rings. The van der Waals surface area contributed by atoms with Crippen molar-refractivity contribution in [3.8, 4) is 5.69 Å². The summed E-state index contributed by atoms with van der Waals surface area (Å²) in [5, 5.41) is 3.19. The van der Waals surface area contributed by atoms with E-state index in [0.29, 0.717) is 12.5 Å². The Morgan fingerprint density at radius 3 is 2.41 bits per heavy atom. The molecule has 1 unspecified atom stereocenters. The number of nitrogens with zero attached hydrogens (tertiary/aromatic N) is 3. The number of anilines is 1. The summed E-state index contributed by atoms with van der Waals surface area (Å²) in [6, 6.07) is 13.5. The zero-order chi connectivity index (χ0) is 23.8. The van der Waals surface area contributed by atoms with E-state index in [1.165, 1.54) is 16.7 Å². The monoisotopic (exact) mass is 460 g/mol. The van der Waals surface area contributed by atoms with Gasteiger partial charge >= 0.3 is 0 Å². The quantitative estimate of drug-likeness (QED) is 0.589. The van der Waals surface area contributed by atoms with Crippen LogP contribution in [0.15, 0.2) is 36.4 Å². The number of nitrogens with one attached hydrogen (secondary N) is 1. The van der Waals surface area contributed by atoms with E-state index in [1.54, 1.807) is 0 Å². The first-order chi connectivity index (χ1) is 16.4. The van der Waals surface area contributed by atoms with Crippen LogP contribution in [-0.2, 0) is 9.53 Å². The number of imidazole rings is 1. The van der Waals surface area contributed by atoms with Crippen LogP contribution in [0.5, 0.6) is 0 Å². The summed E-state index contributed by atoms with van der Waals surface area (Å²) >= 11 is 0. The summed E-state index contributed by atoms with van der Waals surface area (Å²) in [6.07, 6.45) is 2.60. The number of rotatable bonds is 5. The largest absolute Gasteiger partial charge is 0.379 e. The summed E-state index contributed by atoms with van der Waals surface area (Å²) in [5.41, 5.74) is 7.14. The average molecular weight is 461 g/mol. The lowest BCUT2D eigenvalue weighted by molar-refractivity contribution is -0.126. The Labute approximate surface area is 202 Å². The predicted octanol–water partition coefficient (Wildman–Crippen LogP) is 4.89. The summed E-state index contributed by atoms with van der Waals surface area (Å²) < 4.78 is 7.70. The molecule has 0 radical (unpaired) electrons. The van der Waals surface area contributed by atoms with Crippen molar-refractivity contribution in [2.45, 2.75) is 58.9 Å². The van der Waals surface area contributed by atoms with E-state index in [-0.39, 0.29) is 17.9 Å². The topological polar surface area (TPSA) is 59.4 Å². The molecule has 6 nitrogen and oxygen atoms in total. The molecular weight excluding hydrogens is 424 g/mol. The number of piperidine rings is 1. The Morgan fingerprint density at radius 2 is 1.76 bits per heavy atom. The second-order valence-electron chi connectivity index (χ2n) is 10.2. The van der Waals surface area contributed by atoms with Crippen molar-refractivity contribution in [2.24, 2.45) is 5.92 Å². The van der Waals surface area contributed by atoms with Crippen LogP contribution in [0.1, 0.15) is 55.7 Å². The lowest BCUT2D eigenvalue weighted by Crippen LogP contribution is -2.44. The third-order valence-corrected chi connectivity index (χ3v) is 7.49. The number of carbonyl (C=O) groups is 1. The van der Waals surface area contributed by atoms with E-state index in [0.717, 1.165) is 61.6 Å². The van der Waals surface area contributed by atoms with Crippen molar-refractivity contribution >= 4 is 22.9 Å². The number of amides is 1. The maximum absolute atomic E-state index is 12.8. The van der Waals surface area contributed by atoms with Gasteiger partial charge in [0.1, 0.15) is 0 Å². The molecule has 0 aliphatic carbocycles. The van der Waals surface area contributed by atoms with Gasteiger partial charge in [-0.2, -0.15) is 0 Å².